The highest BCUT2D eigenvalue weighted by molar-refractivity contribution is 7.17. The Morgan fingerprint density at radius 2 is 1.93 bits per heavy atom. The van der Waals surface area contributed by atoms with Gasteiger partial charge in [-0.3, -0.25) is 0 Å². The first-order chi connectivity index (χ1) is 13.7. The zero-order chi connectivity index (χ0) is 19.1. The van der Waals surface area contributed by atoms with Gasteiger partial charge in [0.15, 0.2) is 0 Å². The van der Waals surface area contributed by atoms with Crippen LogP contribution in [0, 0.1) is 0 Å². The van der Waals surface area contributed by atoms with Crippen LogP contribution < -0.4 is 4.74 Å². The molecular formula is C22H23N3O2S. The van der Waals surface area contributed by atoms with Gasteiger partial charge in [-0.2, -0.15) is 0 Å². The zero-order valence-corrected chi connectivity index (χ0v) is 16.9. The van der Waals surface area contributed by atoms with Gasteiger partial charge in [-0.15, -0.1) is 11.3 Å². The van der Waals surface area contributed by atoms with E-state index in [1.165, 1.54) is 0 Å². The average Bonchev–Trinajstić information content (AvgIpc) is 3.33. The Morgan fingerprint density at radius 3 is 2.71 bits per heavy atom. The van der Waals surface area contributed by atoms with Crippen molar-refractivity contribution in [3.05, 3.63) is 42.0 Å². The first kappa shape index (κ1) is 17.6. The van der Waals surface area contributed by atoms with E-state index in [2.05, 4.69) is 46.5 Å². The fourth-order valence-electron chi connectivity index (χ4n) is 4.07. The summed E-state index contributed by atoms with van der Waals surface area (Å²) in [6.07, 6.45) is 6.23. The molecule has 0 saturated heterocycles. The summed E-state index contributed by atoms with van der Waals surface area (Å²) in [5, 5.41) is 4.15. The van der Waals surface area contributed by atoms with Crippen molar-refractivity contribution in [1.82, 2.24) is 14.9 Å². The third kappa shape index (κ3) is 3.16. The minimum atomic E-state index is 0.206. The molecule has 0 amide bonds. The molecule has 0 atom stereocenters. The molecule has 1 saturated carbocycles. The van der Waals surface area contributed by atoms with Crippen LogP contribution in [0.25, 0.3) is 32.5 Å². The van der Waals surface area contributed by atoms with E-state index in [0.717, 1.165) is 58.2 Å². The zero-order valence-electron chi connectivity index (χ0n) is 16.1. The highest BCUT2D eigenvalue weighted by Gasteiger charge is 2.25. The van der Waals surface area contributed by atoms with Gasteiger partial charge in [0.2, 0.25) is 5.88 Å². The van der Waals surface area contributed by atoms with E-state index in [9.17, 15) is 0 Å². The molecule has 5 nitrogen and oxygen atoms in total. The maximum atomic E-state index is 6.39. The van der Waals surface area contributed by atoms with Crippen molar-refractivity contribution in [1.29, 1.82) is 0 Å². The van der Waals surface area contributed by atoms with Gasteiger partial charge in [0.05, 0.1) is 5.39 Å². The van der Waals surface area contributed by atoms with Crippen molar-refractivity contribution in [2.75, 3.05) is 14.1 Å². The lowest BCUT2D eigenvalue weighted by molar-refractivity contribution is 0.108. The molecule has 1 aliphatic rings. The van der Waals surface area contributed by atoms with E-state index < -0.39 is 0 Å². The van der Waals surface area contributed by atoms with Crippen molar-refractivity contribution in [2.24, 2.45) is 0 Å². The molecule has 144 valence electrons. The van der Waals surface area contributed by atoms with Gasteiger partial charge < -0.3 is 14.1 Å². The van der Waals surface area contributed by atoms with Crippen LogP contribution >= 0.6 is 11.3 Å². The third-order valence-electron chi connectivity index (χ3n) is 5.68. The number of benzene rings is 1. The molecule has 3 aromatic heterocycles. The normalized spacial score (nSPS) is 20.2. The fraction of sp³-hybridized carbons (Fsp3) is 0.364. The van der Waals surface area contributed by atoms with Gasteiger partial charge in [-0.25, -0.2) is 9.97 Å². The van der Waals surface area contributed by atoms with Crippen molar-refractivity contribution < 1.29 is 9.15 Å². The lowest BCUT2D eigenvalue weighted by Crippen LogP contribution is -2.35. The highest BCUT2D eigenvalue weighted by atomic mass is 32.1. The van der Waals surface area contributed by atoms with E-state index in [1.54, 1.807) is 17.7 Å². The lowest BCUT2D eigenvalue weighted by Gasteiger charge is -2.32. The number of hydrogen-bond donors (Lipinski definition) is 0. The minimum absolute atomic E-state index is 0.206. The largest absolute Gasteiger partial charge is 0.474 e. The van der Waals surface area contributed by atoms with Crippen LogP contribution in [0.1, 0.15) is 25.7 Å². The van der Waals surface area contributed by atoms with Crippen LogP contribution in [0.4, 0.5) is 0 Å². The maximum absolute atomic E-state index is 6.39. The number of thiophene rings is 1. The first-order valence-corrected chi connectivity index (χ1v) is 10.6. The summed E-state index contributed by atoms with van der Waals surface area (Å²) in [5.41, 5.74) is 1.90. The summed E-state index contributed by atoms with van der Waals surface area (Å²) in [7, 11) is 4.32. The van der Waals surface area contributed by atoms with Gasteiger partial charge in [0.1, 0.15) is 28.6 Å². The summed E-state index contributed by atoms with van der Waals surface area (Å²) in [6, 6.07) is 10.8. The average molecular weight is 394 g/mol. The summed E-state index contributed by atoms with van der Waals surface area (Å²) < 4.78 is 12.5. The van der Waals surface area contributed by atoms with Crippen LogP contribution in [-0.4, -0.2) is 41.1 Å². The Kier molecular flexibility index (Phi) is 4.53. The van der Waals surface area contributed by atoms with E-state index in [0.29, 0.717) is 11.9 Å². The molecule has 4 aromatic rings. The molecule has 0 N–H and O–H groups in total. The molecule has 0 bridgehead atoms. The quantitative estimate of drug-likeness (QED) is 0.467. The predicted molar refractivity (Wildman–Crippen MR) is 113 cm³/mol. The van der Waals surface area contributed by atoms with Crippen LogP contribution in [0.3, 0.4) is 0 Å². The smallest absolute Gasteiger partial charge is 0.226 e. The number of ether oxygens (including phenoxy) is 1. The number of rotatable bonds is 4. The molecule has 0 radical (unpaired) electrons. The van der Waals surface area contributed by atoms with Crippen LogP contribution in [-0.2, 0) is 0 Å². The monoisotopic (exact) mass is 393 g/mol. The van der Waals surface area contributed by atoms with E-state index in [-0.39, 0.29) is 6.10 Å². The molecule has 0 unspecified atom stereocenters. The molecule has 6 heteroatoms. The second-order valence-electron chi connectivity index (χ2n) is 7.67. The van der Waals surface area contributed by atoms with Crippen molar-refractivity contribution in [2.45, 2.75) is 37.8 Å². The lowest BCUT2D eigenvalue weighted by atomic mass is 9.92. The van der Waals surface area contributed by atoms with Gasteiger partial charge in [0.25, 0.3) is 0 Å². The number of hydrogen-bond acceptors (Lipinski definition) is 6. The Hall–Kier alpha value is -2.44. The standard InChI is InChI=1S/C22H23N3O2S/c1-25(2)15-7-9-16(10-8-15)26-21-20-17(12-28-22(20)24-13-23-21)19-11-14-5-3-4-6-18(14)27-19/h3-6,11-13,15-16H,7-10H2,1-2H3. The van der Waals surface area contributed by atoms with Crippen LogP contribution in [0.15, 0.2) is 46.5 Å². The number of para-hydroxylation sites is 1. The summed E-state index contributed by atoms with van der Waals surface area (Å²) in [5.74, 6) is 1.51. The molecule has 28 heavy (non-hydrogen) atoms. The van der Waals surface area contributed by atoms with Crippen LogP contribution in [0.5, 0.6) is 5.88 Å². The fourth-order valence-corrected chi connectivity index (χ4v) is 4.96. The molecule has 3 heterocycles. The van der Waals surface area contributed by atoms with E-state index in [1.807, 2.05) is 18.2 Å². The number of aromatic nitrogens is 2. The second-order valence-corrected chi connectivity index (χ2v) is 8.53. The van der Waals surface area contributed by atoms with E-state index >= 15 is 0 Å². The number of nitrogens with zero attached hydrogens (tertiary/aromatic N) is 3. The van der Waals surface area contributed by atoms with Crippen molar-refractivity contribution in [3.8, 4) is 17.2 Å². The summed E-state index contributed by atoms with van der Waals surface area (Å²) in [6.45, 7) is 0. The third-order valence-corrected chi connectivity index (χ3v) is 6.57. The molecule has 1 fully saturated rings. The Bertz CT molecular complexity index is 1080. The highest BCUT2D eigenvalue weighted by Crippen LogP contribution is 2.40. The molecule has 1 aliphatic carbocycles. The summed E-state index contributed by atoms with van der Waals surface area (Å²) in [4.78, 5) is 12.2. The topological polar surface area (TPSA) is 51.4 Å². The predicted octanol–water partition coefficient (Wildman–Crippen LogP) is 5.36. The molecule has 0 spiro atoms. The Morgan fingerprint density at radius 1 is 1.11 bits per heavy atom. The Labute approximate surface area is 168 Å². The van der Waals surface area contributed by atoms with Crippen molar-refractivity contribution in [3.63, 3.8) is 0 Å². The minimum Gasteiger partial charge on any atom is -0.474 e. The molecule has 5 rings (SSSR count). The van der Waals surface area contributed by atoms with Gasteiger partial charge >= 0.3 is 0 Å². The first-order valence-electron chi connectivity index (χ1n) is 9.73. The molecule has 0 aliphatic heterocycles. The number of fused-ring (bicyclic) bond motifs is 2. The van der Waals surface area contributed by atoms with Gasteiger partial charge in [0, 0.05) is 22.4 Å². The van der Waals surface area contributed by atoms with Crippen molar-refractivity contribution >= 4 is 32.5 Å². The maximum Gasteiger partial charge on any atom is 0.226 e. The summed E-state index contributed by atoms with van der Waals surface area (Å²) >= 11 is 1.60. The Balaban J connectivity index is 1.48. The SMILES string of the molecule is CN(C)C1CCC(Oc2ncnc3scc(-c4cc5ccccc5o4)c23)CC1. The number of furan rings is 1. The molecular weight excluding hydrogens is 370 g/mol. The van der Waals surface area contributed by atoms with Gasteiger partial charge in [-0.1, -0.05) is 18.2 Å². The van der Waals surface area contributed by atoms with E-state index in [4.69, 9.17) is 9.15 Å². The van der Waals surface area contributed by atoms with Gasteiger partial charge in [-0.05, 0) is 51.9 Å². The van der Waals surface area contributed by atoms with Crippen LogP contribution in [0.2, 0.25) is 0 Å². The molecule has 1 aromatic carbocycles. The second kappa shape index (κ2) is 7.18.